The van der Waals surface area contributed by atoms with Gasteiger partial charge in [0.2, 0.25) is 0 Å². The van der Waals surface area contributed by atoms with Gasteiger partial charge in [0.1, 0.15) is 24.4 Å². The first-order valence-electron chi connectivity index (χ1n) is 8.15. The van der Waals surface area contributed by atoms with Gasteiger partial charge in [-0.3, -0.25) is 0 Å². The zero-order chi connectivity index (χ0) is 19.4. The zero-order valence-corrected chi connectivity index (χ0v) is 14.0. The molecular weight excluding hydrogens is 340 g/mol. The zero-order valence-electron chi connectivity index (χ0n) is 14.0. The summed E-state index contributed by atoms with van der Waals surface area (Å²) in [6.45, 7) is -0.477. The highest BCUT2D eigenvalue weighted by atomic mass is 16.4. The van der Waals surface area contributed by atoms with Crippen molar-refractivity contribution >= 4 is 0 Å². The van der Waals surface area contributed by atoms with E-state index in [4.69, 9.17) is 10.2 Å². The molecule has 0 aliphatic carbocycles. The predicted octanol–water partition coefficient (Wildman–Crippen LogP) is -5.93. The van der Waals surface area contributed by atoms with E-state index in [1.54, 1.807) is 0 Å². The summed E-state index contributed by atoms with van der Waals surface area (Å²) in [5.74, 6) is 0. The molecule has 152 valence electrons. The Kier molecular flexibility index (Phi) is 13.5. The van der Waals surface area contributed by atoms with Crippen molar-refractivity contribution in [1.82, 2.24) is 10.6 Å². The van der Waals surface area contributed by atoms with Crippen molar-refractivity contribution in [2.24, 2.45) is 0 Å². The Morgan fingerprint density at radius 3 is 1.44 bits per heavy atom. The van der Waals surface area contributed by atoms with Crippen LogP contribution in [0.2, 0.25) is 0 Å². The third-order valence-corrected chi connectivity index (χ3v) is 3.72. The number of hydrogen-bond donors (Lipinski definition) is 11. The summed E-state index contributed by atoms with van der Waals surface area (Å²) in [7, 11) is 0. The van der Waals surface area contributed by atoms with E-state index in [1.807, 2.05) is 0 Å². The molecule has 0 aromatic carbocycles. The number of nitrogens with one attached hydrogen (secondary N) is 2. The van der Waals surface area contributed by atoms with E-state index in [0.29, 0.717) is 13.1 Å². The second-order valence-electron chi connectivity index (χ2n) is 5.84. The monoisotopic (exact) mass is 372 g/mol. The predicted molar refractivity (Wildman–Crippen MR) is 86.6 cm³/mol. The summed E-state index contributed by atoms with van der Waals surface area (Å²) >= 11 is 0. The van der Waals surface area contributed by atoms with Gasteiger partial charge in [-0.05, 0) is 6.42 Å². The van der Waals surface area contributed by atoms with Crippen molar-refractivity contribution in [3.05, 3.63) is 0 Å². The van der Waals surface area contributed by atoms with Gasteiger partial charge in [0, 0.05) is 32.8 Å². The van der Waals surface area contributed by atoms with Gasteiger partial charge in [-0.2, -0.15) is 0 Å². The molecule has 0 aliphatic heterocycles. The van der Waals surface area contributed by atoms with E-state index in [-0.39, 0.29) is 26.1 Å². The third kappa shape index (κ3) is 9.72. The van der Waals surface area contributed by atoms with Gasteiger partial charge in [0.05, 0.1) is 24.9 Å². The van der Waals surface area contributed by atoms with Crippen molar-refractivity contribution in [2.45, 2.75) is 49.1 Å². The Balaban J connectivity index is 3.85. The van der Waals surface area contributed by atoms with Gasteiger partial charge in [-0.1, -0.05) is 0 Å². The Hall–Kier alpha value is -0.440. The molecule has 11 N–H and O–H groups in total. The highest BCUT2D eigenvalue weighted by molar-refractivity contribution is 4.82. The van der Waals surface area contributed by atoms with E-state index in [9.17, 15) is 35.7 Å². The molecule has 0 saturated heterocycles. The highest BCUT2D eigenvalue weighted by Crippen LogP contribution is 2.04. The van der Waals surface area contributed by atoms with Crippen molar-refractivity contribution < 1.29 is 46.0 Å². The molecule has 0 radical (unpaired) electrons. The van der Waals surface area contributed by atoms with Crippen molar-refractivity contribution in [3.63, 3.8) is 0 Å². The molecule has 0 aliphatic rings. The topological polar surface area (TPSA) is 206 Å². The van der Waals surface area contributed by atoms with Crippen LogP contribution in [0.4, 0.5) is 0 Å². The molecule has 7 unspecified atom stereocenters. The van der Waals surface area contributed by atoms with Crippen LogP contribution in [0.1, 0.15) is 6.42 Å². The lowest BCUT2D eigenvalue weighted by atomic mass is 10.0. The minimum absolute atomic E-state index is 0.00206. The molecule has 0 bridgehead atoms. The van der Waals surface area contributed by atoms with Crippen molar-refractivity contribution in [2.75, 3.05) is 39.4 Å². The van der Waals surface area contributed by atoms with Gasteiger partial charge < -0.3 is 56.6 Å². The first-order chi connectivity index (χ1) is 11.8. The van der Waals surface area contributed by atoms with E-state index < -0.39 is 49.3 Å². The largest absolute Gasteiger partial charge is 0.396 e. The second kappa shape index (κ2) is 13.7. The lowest BCUT2D eigenvalue weighted by Gasteiger charge is -2.26. The van der Waals surface area contributed by atoms with Gasteiger partial charge >= 0.3 is 0 Å². The fraction of sp³-hybridized carbons (Fsp3) is 1.00. The lowest BCUT2D eigenvalue weighted by Crippen LogP contribution is -2.49. The molecule has 0 spiro atoms. The normalized spacial score (nSPS) is 20.5. The molecule has 0 fully saturated rings. The van der Waals surface area contributed by atoms with Crippen molar-refractivity contribution in [3.8, 4) is 0 Å². The molecular formula is C14H32N2O9. The molecule has 7 atom stereocenters. The Labute approximate surface area is 146 Å². The van der Waals surface area contributed by atoms with Crippen LogP contribution in [0, 0.1) is 0 Å². The maximum atomic E-state index is 9.65. The lowest BCUT2D eigenvalue weighted by molar-refractivity contribution is -0.113. The first kappa shape index (κ1) is 24.6. The number of rotatable bonds is 15. The fourth-order valence-corrected chi connectivity index (χ4v) is 2.04. The van der Waals surface area contributed by atoms with Crippen LogP contribution < -0.4 is 10.6 Å². The molecule has 0 amide bonds. The summed E-state index contributed by atoms with van der Waals surface area (Å²) in [4.78, 5) is 0. The highest BCUT2D eigenvalue weighted by Gasteiger charge is 2.29. The maximum absolute atomic E-state index is 9.65. The molecule has 0 heterocycles. The van der Waals surface area contributed by atoms with Crippen LogP contribution in [0.15, 0.2) is 0 Å². The van der Waals surface area contributed by atoms with Gasteiger partial charge in [-0.15, -0.1) is 0 Å². The average Bonchev–Trinajstić information content (AvgIpc) is 2.61. The molecule has 11 nitrogen and oxygen atoms in total. The third-order valence-electron chi connectivity index (χ3n) is 3.72. The maximum Gasteiger partial charge on any atom is 0.111 e. The van der Waals surface area contributed by atoms with E-state index in [0.717, 1.165) is 0 Å². The number of hydrogen-bond acceptors (Lipinski definition) is 11. The Bertz CT molecular complexity index is 327. The summed E-state index contributed by atoms with van der Waals surface area (Å²) in [5, 5.41) is 89.4. The summed E-state index contributed by atoms with van der Waals surface area (Å²) in [6, 6.07) is 0. The van der Waals surface area contributed by atoms with Gasteiger partial charge in [0.25, 0.3) is 0 Å². The van der Waals surface area contributed by atoms with Crippen LogP contribution in [-0.2, 0) is 0 Å². The Morgan fingerprint density at radius 2 is 1.00 bits per heavy atom. The summed E-state index contributed by atoms with van der Waals surface area (Å²) in [5.41, 5.74) is 0. The van der Waals surface area contributed by atoms with E-state index in [2.05, 4.69) is 10.6 Å². The van der Waals surface area contributed by atoms with Crippen LogP contribution in [0.5, 0.6) is 0 Å². The second-order valence-corrected chi connectivity index (χ2v) is 5.84. The van der Waals surface area contributed by atoms with Crippen LogP contribution >= 0.6 is 0 Å². The Morgan fingerprint density at radius 1 is 0.560 bits per heavy atom. The first-order valence-corrected chi connectivity index (χ1v) is 8.15. The van der Waals surface area contributed by atoms with Crippen LogP contribution in [0.25, 0.3) is 0 Å². The van der Waals surface area contributed by atoms with Crippen LogP contribution in [0.3, 0.4) is 0 Å². The van der Waals surface area contributed by atoms with Crippen molar-refractivity contribution in [1.29, 1.82) is 0 Å². The number of aliphatic hydroxyl groups is 9. The smallest absolute Gasteiger partial charge is 0.111 e. The molecule has 0 rings (SSSR count). The van der Waals surface area contributed by atoms with Crippen LogP contribution in [-0.4, -0.2) is 128 Å². The minimum atomic E-state index is -1.68. The average molecular weight is 372 g/mol. The summed E-state index contributed by atoms with van der Waals surface area (Å²) < 4.78 is 0. The molecule has 11 heteroatoms. The van der Waals surface area contributed by atoms with E-state index >= 15 is 0 Å². The van der Waals surface area contributed by atoms with Gasteiger partial charge in [-0.25, -0.2) is 0 Å². The standard InChI is InChI=1S/C14H32N2O9/c17-4-1-8(19)12(23)9(20)5-15-2-3-16-6-10(21)13(24)14(25)11(22)7-18/h8-25H,1-7H2. The fourth-order valence-electron chi connectivity index (χ4n) is 2.04. The molecule has 25 heavy (non-hydrogen) atoms. The SMILES string of the molecule is OCCC(O)C(O)C(O)CNCCNCC(O)C(O)C(O)C(O)CO. The van der Waals surface area contributed by atoms with E-state index in [1.165, 1.54) is 0 Å². The van der Waals surface area contributed by atoms with Gasteiger partial charge in [0.15, 0.2) is 0 Å². The quantitative estimate of drug-likeness (QED) is 0.122. The summed E-state index contributed by atoms with van der Waals surface area (Å²) in [6.07, 6.45) is -10.1. The number of aliphatic hydroxyl groups excluding tert-OH is 9. The molecule has 0 aromatic heterocycles. The minimum Gasteiger partial charge on any atom is -0.396 e. The molecule has 0 saturated carbocycles. The molecule has 0 aromatic rings.